The first-order valence-electron chi connectivity index (χ1n) is 5.77. The molecule has 2 aromatic rings. The lowest BCUT2D eigenvalue weighted by atomic mass is 10.1. The van der Waals surface area contributed by atoms with Gasteiger partial charge in [0.2, 0.25) is 0 Å². The molecule has 1 aromatic carbocycles. The van der Waals surface area contributed by atoms with E-state index < -0.39 is 0 Å². The van der Waals surface area contributed by atoms with Gasteiger partial charge in [0.15, 0.2) is 5.84 Å². The van der Waals surface area contributed by atoms with Gasteiger partial charge in [-0.1, -0.05) is 11.2 Å². The number of nitrogens with zero attached hydrogens (tertiary/aromatic N) is 3. The fraction of sp³-hybridized carbons (Fsp3) is 0.231. The van der Waals surface area contributed by atoms with Crippen LogP contribution in [0.5, 0.6) is 0 Å². The number of rotatable bonds is 3. The second kappa shape index (κ2) is 5.36. The number of amidine groups is 1. The molecule has 100 valence electrons. The predicted octanol–water partition coefficient (Wildman–Crippen LogP) is 2.31. The maximum Gasteiger partial charge on any atom is 0.173 e. The van der Waals surface area contributed by atoms with Crippen LogP contribution in [0.2, 0.25) is 0 Å². The highest BCUT2D eigenvalue weighted by Gasteiger charge is 2.15. The lowest BCUT2D eigenvalue weighted by Gasteiger charge is -2.13. The molecule has 0 saturated carbocycles. The number of oxime groups is 1. The van der Waals surface area contributed by atoms with Crippen molar-refractivity contribution in [1.29, 1.82) is 0 Å². The first-order valence-corrected chi connectivity index (χ1v) is 6.99. The zero-order chi connectivity index (χ0) is 14.0. The molecule has 0 radical (unpaired) electrons. The summed E-state index contributed by atoms with van der Waals surface area (Å²) >= 11 is 1.55. The lowest BCUT2D eigenvalue weighted by Crippen LogP contribution is -2.18. The van der Waals surface area contributed by atoms with E-state index in [0.29, 0.717) is 5.56 Å². The van der Waals surface area contributed by atoms with Crippen molar-refractivity contribution >= 4 is 17.6 Å². The third-order valence-electron chi connectivity index (χ3n) is 2.83. The molecule has 0 aliphatic heterocycles. The SMILES string of the molecule is CSc1cccc(-n2nc(C)cc2C)c1/C(N)=N/O. The second-order valence-corrected chi connectivity index (χ2v) is 5.03. The molecule has 5 nitrogen and oxygen atoms in total. The molecule has 0 unspecified atom stereocenters. The molecule has 0 aliphatic carbocycles. The van der Waals surface area contributed by atoms with Crippen LogP contribution in [-0.4, -0.2) is 27.1 Å². The summed E-state index contributed by atoms with van der Waals surface area (Å²) in [5, 5.41) is 16.6. The Hall–Kier alpha value is -1.95. The number of aryl methyl sites for hydroxylation is 2. The molecule has 0 spiro atoms. The minimum Gasteiger partial charge on any atom is -0.409 e. The van der Waals surface area contributed by atoms with E-state index in [2.05, 4.69) is 10.3 Å². The van der Waals surface area contributed by atoms with Crippen LogP contribution in [0.4, 0.5) is 0 Å². The van der Waals surface area contributed by atoms with Gasteiger partial charge in [-0.25, -0.2) is 4.68 Å². The maximum atomic E-state index is 8.98. The Morgan fingerprint density at radius 1 is 1.42 bits per heavy atom. The van der Waals surface area contributed by atoms with Gasteiger partial charge in [0.1, 0.15) is 0 Å². The fourth-order valence-electron chi connectivity index (χ4n) is 2.05. The molecular weight excluding hydrogens is 260 g/mol. The summed E-state index contributed by atoms with van der Waals surface area (Å²) in [5.74, 6) is 0.0903. The van der Waals surface area contributed by atoms with E-state index in [1.165, 1.54) is 0 Å². The summed E-state index contributed by atoms with van der Waals surface area (Å²) < 4.78 is 1.81. The van der Waals surface area contributed by atoms with Gasteiger partial charge in [0.05, 0.1) is 16.9 Å². The number of hydrogen-bond acceptors (Lipinski definition) is 4. The molecular formula is C13H16N4OS. The molecule has 0 aliphatic rings. The third-order valence-corrected chi connectivity index (χ3v) is 3.61. The average Bonchev–Trinajstić information content (AvgIpc) is 2.75. The summed E-state index contributed by atoms with van der Waals surface area (Å²) in [6, 6.07) is 7.77. The Bertz CT molecular complexity index is 634. The number of nitrogens with two attached hydrogens (primary N) is 1. The Morgan fingerprint density at radius 2 is 2.16 bits per heavy atom. The van der Waals surface area contributed by atoms with Crippen molar-refractivity contribution in [3.05, 3.63) is 41.2 Å². The highest BCUT2D eigenvalue weighted by atomic mass is 32.2. The van der Waals surface area contributed by atoms with E-state index in [-0.39, 0.29) is 5.84 Å². The van der Waals surface area contributed by atoms with Crippen molar-refractivity contribution < 1.29 is 5.21 Å². The molecule has 0 bridgehead atoms. The van der Waals surface area contributed by atoms with E-state index in [0.717, 1.165) is 22.0 Å². The number of thioether (sulfide) groups is 1. The molecule has 6 heteroatoms. The summed E-state index contributed by atoms with van der Waals surface area (Å²) in [7, 11) is 0. The van der Waals surface area contributed by atoms with E-state index in [1.54, 1.807) is 11.8 Å². The molecule has 1 aromatic heterocycles. The van der Waals surface area contributed by atoms with Crippen LogP contribution in [0.1, 0.15) is 17.0 Å². The summed E-state index contributed by atoms with van der Waals surface area (Å²) in [6.45, 7) is 3.91. The Labute approximate surface area is 116 Å². The third kappa shape index (κ3) is 2.44. The molecule has 1 heterocycles. The van der Waals surface area contributed by atoms with E-state index in [1.807, 2.05) is 49.1 Å². The minimum atomic E-state index is 0.0903. The molecule has 3 N–H and O–H groups in total. The first kappa shape index (κ1) is 13.5. The van der Waals surface area contributed by atoms with Crippen molar-refractivity contribution in [1.82, 2.24) is 9.78 Å². The Balaban J connectivity index is 2.73. The van der Waals surface area contributed by atoms with Crippen molar-refractivity contribution in [3.63, 3.8) is 0 Å². The number of benzene rings is 1. The molecule has 0 atom stereocenters. The largest absolute Gasteiger partial charge is 0.409 e. The van der Waals surface area contributed by atoms with Crippen LogP contribution >= 0.6 is 11.8 Å². The van der Waals surface area contributed by atoms with Crippen LogP contribution < -0.4 is 5.73 Å². The zero-order valence-electron chi connectivity index (χ0n) is 11.1. The Kier molecular flexibility index (Phi) is 3.80. The highest BCUT2D eigenvalue weighted by Crippen LogP contribution is 2.26. The zero-order valence-corrected chi connectivity index (χ0v) is 11.9. The van der Waals surface area contributed by atoms with Gasteiger partial charge in [-0.05, 0) is 38.3 Å². The summed E-state index contributed by atoms with van der Waals surface area (Å²) in [6.07, 6.45) is 1.95. The predicted molar refractivity (Wildman–Crippen MR) is 77.3 cm³/mol. The molecule has 0 amide bonds. The van der Waals surface area contributed by atoms with E-state index in [9.17, 15) is 0 Å². The monoisotopic (exact) mass is 276 g/mol. The average molecular weight is 276 g/mol. The first-order chi connectivity index (χ1) is 9.08. The van der Waals surface area contributed by atoms with Gasteiger partial charge < -0.3 is 10.9 Å². The standard InChI is InChI=1S/C13H16N4OS/c1-8-7-9(2)17(15-8)10-5-4-6-11(19-3)12(10)13(14)16-18/h4-7,18H,1-3H3,(H2,14,16). The maximum absolute atomic E-state index is 8.98. The number of hydrogen-bond donors (Lipinski definition) is 2. The van der Waals surface area contributed by atoms with Crippen LogP contribution in [0, 0.1) is 13.8 Å². The fourth-order valence-corrected chi connectivity index (χ4v) is 2.67. The van der Waals surface area contributed by atoms with Crippen molar-refractivity contribution in [2.45, 2.75) is 18.7 Å². The van der Waals surface area contributed by atoms with Crippen LogP contribution in [-0.2, 0) is 0 Å². The van der Waals surface area contributed by atoms with Gasteiger partial charge in [0, 0.05) is 10.6 Å². The normalized spacial score (nSPS) is 11.8. The highest BCUT2D eigenvalue weighted by molar-refractivity contribution is 7.98. The quantitative estimate of drug-likeness (QED) is 0.296. The van der Waals surface area contributed by atoms with Gasteiger partial charge in [-0.3, -0.25) is 0 Å². The second-order valence-electron chi connectivity index (χ2n) is 4.18. The van der Waals surface area contributed by atoms with Gasteiger partial charge in [-0.2, -0.15) is 5.10 Å². The topological polar surface area (TPSA) is 76.4 Å². The van der Waals surface area contributed by atoms with Crippen LogP contribution in [0.15, 0.2) is 34.3 Å². The Morgan fingerprint density at radius 3 is 2.68 bits per heavy atom. The van der Waals surface area contributed by atoms with Gasteiger partial charge in [-0.15, -0.1) is 11.8 Å². The van der Waals surface area contributed by atoms with Crippen molar-refractivity contribution in [3.8, 4) is 5.69 Å². The smallest absolute Gasteiger partial charge is 0.173 e. The number of aromatic nitrogens is 2. The van der Waals surface area contributed by atoms with Gasteiger partial charge >= 0.3 is 0 Å². The van der Waals surface area contributed by atoms with Crippen LogP contribution in [0.3, 0.4) is 0 Å². The minimum absolute atomic E-state index is 0.0903. The van der Waals surface area contributed by atoms with Crippen molar-refractivity contribution in [2.24, 2.45) is 10.9 Å². The van der Waals surface area contributed by atoms with Crippen molar-refractivity contribution in [2.75, 3.05) is 6.26 Å². The van der Waals surface area contributed by atoms with Crippen LogP contribution in [0.25, 0.3) is 5.69 Å². The van der Waals surface area contributed by atoms with E-state index >= 15 is 0 Å². The van der Waals surface area contributed by atoms with E-state index in [4.69, 9.17) is 10.9 Å². The molecule has 0 saturated heterocycles. The lowest BCUT2D eigenvalue weighted by molar-refractivity contribution is 0.318. The molecule has 0 fully saturated rings. The van der Waals surface area contributed by atoms with Gasteiger partial charge in [0.25, 0.3) is 0 Å². The molecule has 2 rings (SSSR count). The summed E-state index contributed by atoms with van der Waals surface area (Å²) in [5.41, 5.74) is 9.25. The molecule has 19 heavy (non-hydrogen) atoms. The summed E-state index contributed by atoms with van der Waals surface area (Å²) in [4.78, 5) is 0.945.